The van der Waals surface area contributed by atoms with Gasteiger partial charge >= 0.3 is 0 Å². The Hall–Kier alpha value is -1.42. The first-order valence-electron chi connectivity index (χ1n) is 5.48. The van der Waals surface area contributed by atoms with Crippen LogP contribution in [0, 0.1) is 13.8 Å². The average Bonchev–Trinajstić information content (AvgIpc) is 2.24. The second-order valence-corrected chi connectivity index (χ2v) is 3.77. The van der Waals surface area contributed by atoms with Crippen molar-refractivity contribution >= 4 is 5.91 Å². The van der Waals surface area contributed by atoms with Gasteiger partial charge in [0, 0.05) is 18.8 Å². The maximum Gasteiger partial charge on any atom is 0.253 e. The van der Waals surface area contributed by atoms with Crippen molar-refractivity contribution in [3.05, 3.63) is 29.1 Å². The maximum atomic E-state index is 11.7. The fourth-order valence-electron chi connectivity index (χ4n) is 1.46. The van der Waals surface area contributed by atoms with Crippen LogP contribution in [0.2, 0.25) is 0 Å². The highest BCUT2D eigenvalue weighted by atomic mass is 16.2. The van der Waals surface area contributed by atoms with Gasteiger partial charge in [-0.3, -0.25) is 9.78 Å². The quantitative estimate of drug-likeness (QED) is 0.736. The Labute approximate surface area is 95.7 Å². The van der Waals surface area contributed by atoms with Crippen LogP contribution in [-0.2, 0) is 0 Å². The molecule has 0 saturated heterocycles. The minimum absolute atomic E-state index is 0.0945. The minimum atomic E-state index is -0.0945. The molecule has 4 heteroatoms. The normalized spacial score (nSPS) is 10.2. The van der Waals surface area contributed by atoms with E-state index in [9.17, 15) is 4.79 Å². The highest BCUT2D eigenvalue weighted by molar-refractivity contribution is 5.95. The predicted molar refractivity (Wildman–Crippen MR) is 62.4 cm³/mol. The molecular weight excluding hydrogens is 204 g/mol. The summed E-state index contributed by atoms with van der Waals surface area (Å²) in [4.78, 5) is 16.0. The van der Waals surface area contributed by atoms with Crippen molar-refractivity contribution in [2.45, 2.75) is 26.7 Å². The summed E-state index contributed by atoms with van der Waals surface area (Å²) in [6, 6.07) is 3.62. The Morgan fingerprint density at radius 3 is 2.75 bits per heavy atom. The standard InChI is InChI=1S/C12H18N2O2/c1-9-5-6-11(10(2)14-9)12(16)13-7-3-4-8-15/h5-6,15H,3-4,7-8H2,1-2H3,(H,13,16). The lowest BCUT2D eigenvalue weighted by Gasteiger charge is -2.07. The second kappa shape index (κ2) is 6.23. The number of nitrogens with one attached hydrogen (secondary N) is 1. The topological polar surface area (TPSA) is 62.2 Å². The third kappa shape index (κ3) is 3.62. The number of hydrogen-bond acceptors (Lipinski definition) is 3. The molecule has 0 aliphatic rings. The summed E-state index contributed by atoms with van der Waals surface area (Å²) in [6.45, 7) is 4.49. The third-order valence-corrected chi connectivity index (χ3v) is 2.34. The van der Waals surface area contributed by atoms with E-state index in [1.807, 2.05) is 19.9 Å². The van der Waals surface area contributed by atoms with Crippen LogP contribution in [-0.4, -0.2) is 29.1 Å². The summed E-state index contributed by atoms with van der Waals surface area (Å²) in [5, 5.41) is 11.4. The number of pyridine rings is 1. The van der Waals surface area contributed by atoms with Gasteiger partial charge < -0.3 is 10.4 Å². The monoisotopic (exact) mass is 222 g/mol. The van der Waals surface area contributed by atoms with E-state index in [1.165, 1.54) is 0 Å². The molecule has 0 saturated carbocycles. The zero-order chi connectivity index (χ0) is 12.0. The molecule has 88 valence electrons. The Bertz CT molecular complexity index is 364. The summed E-state index contributed by atoms with van der Waals surface area (Å²) in [6.07, 6.45) is 1.51. The number of amides is 1. The van der Waals surface area contributed by atoms with Gasteiger partial charge in [-0.25, -0.2) is 0 Å². The molecule has 0 aliphatic heterocycles. The number of aryl methyl sites for hydroxylation is 2. The second-order valence-electron chi connectivity index (χ2n) is 3.77. The molecule has 0 spiro atoms. The van der Waals surface area contributed by atoms with Crippen molar-refractivity contribution in [3.8, 4) is 0 Å². The van der Waals surface area contributed by atoms with Crippen LogP contribution in [0.3, 0.4) is 0 Å². The Kier molecular flexibility index (Phi) is 4.92. The van der Waals surface area contributed by atoms with Crippen LogP contribution in [0.15, 0.2) is 12.1 Å². The molecule has 1 aromatic heterocycles. The molecule has 0 aliphatic carbocycles. The number of rotatable bonds is 5. The van der Waals surface area contributed by atoms with Crippen molar-refractivity contribution in [2.24, 2.45) is 0 Å². The molecule has 0 radical (unpaired) electrons. The van der Waals surface area contributed by atoms with E-state index in [2.05, 4.69) is 10.3 Å². The van der Waals surface area contributed by atoms with Crippen molar-refractivity contribution in [1.29, 1.82) is 0 Å². The van der Waals surface area contributed by atoms with Crippen molar-refractivity contribution in [1.82, 2.24) is 10.3 Å². The Morgan fingerprint density at radius 2 is 2.12 bits per heavy atom. The highest BCUT2D eigenvalue weighted by Crippen LogP contribution is 2.06. The molecule has 0 atom stereocenters. The lowest BCUT2D eigenvalue weighted by molar-refractivity contribution is 0.0951. The van der Waals surface area contributed by atoms with E-state index in [4.69, 9.17) is 5.11 Å². The van der Waals surface area contributed by atoms with E-state index in [-0.39, 0.29) is 12.5 Å². The minimum Gasteiger partial charge on any atom is -0.396 e. The molecule has 1 amide bonds. The molecule has 1 rings (SSSR count). The first-order valence-corrected chi connectivity index (χ1v) is 5.48. The molecule has 4 nitrogen and oxygen atoms in total. The van der Waals surface area contributed by atoms with Gasteiger partial charge in [-0.15, -0.1) is 0 Å². The number of carbonyl (C=O) groups excluding carboxylic acids is 1. The van der Waals surface area contributed by atoms with Gasteiger partial charge in [-0.1, -0.05) is 0 Å². The number of hydrogen-bond donors (Lipinski definition) is 2. The van der Waals surface area contributed by atoms with Gasteiger partial charge in [-0.05, 0) is 38.8 Å². The molecule has 0 fully saturated rings. The van der Waals surface area contributed by atoms with Crippen molar-refractivity contribution in [2.75, 3.05) is 13.2 Å². The van der Waals surface area contributed by atoms with E-state index in [0.717, 1.165) is 17.8 Å². The highest BCUT2D eigenvalue weighted by Gasteiger charge is 2.08. The van der Waals surface area contributed by atoms with Crippen molar-refractivity contribution < 1.29 is 9.90 Å². The number of aliphatic hydroxyl groups excluding tert-OH is 1. The van der Waals surface area contributed by atoms with Gasteiger partial charge in [0.2, 0.25) is 0 Å². The van der Waals surface area contributed by atoms with Crippen LogP contribution in [0.5, 0.6) is 0 Å². The third-order valence-electron chi connectivity index (χ3n) is 2.34. The van der Waals surface area contributed by atoms with Crippen LogP contribution in [0.25, 0.3) is 0 Å². The molecule has 0 bridgehead atoms. The molecule has 0 unspecified atom stereocenters. The van der Waals surface area contributed by atoms with E-state index >= 15 is 0 Å². The van der Waals surface area contributed by atoms with E-state index in [1.54, 1.807) is 6.07 Å². The van der Waals surface area contributed by atoms with E-state index in [0.29, 0.717) is 18.5 Å². The number of aliphatic hydroxyl groups is 1. The Balaban J connectivity index is 2.53. The SMILES string of the molecule is Cc1ccc(C(=O)NCCCCO)c(C)n1. The summed E-state index contributed by atoms with van der Waals surface area (Å²) in [7, 11) is 0. The average molecular weight is 222 g/mol. The summed E-state index contributed by atoms with van der Waals surface area (Å²) < 4.78 is 0. The van der Waals surface area contributed by atoms with Gasteiger partial charge in [0.1, 0.15) is 0 Å². The summed E-state index contributed by atoms with van der Waals surface area (Å²) >= 11 is 0. The van der Waals surface area contributed by atoms with Crippen LogP contribution in [0.1, 0.15) is 34.6 Å². The fourth-order valence-corrected chi connectivity index (χ4v) is 1.46. The smallest absolute Gasteiger partial charge is 0.253 e. The first-order chi connectivity index (χ1) is 7.65. The molecule has 1 aromatic rings. The summed E-state index contributed by atoms with van der Waals surface area (Å²) in [5.41, 5.74) is 2.28. The zero-order valence-electron chi connectivity index (χ0n) is 9.79. The zero-order valence-corrected chi connectivity index (χ0v) is 9.79. The van der Waals surface area contributed by atoms with Gasteiger partial charge in [0.05, 0.1) is 11.3 Å². The van der Waals surface area contributed by atoms with Crippen LogP contribution >= 0.6 is 0 Å². The lowest BCUT2D eigenvalue weighted by Crippen LogP contribution is -2.25. The number of nitrogens with zero attached hydrogens (tertiary/aromatic N) is 1. The van der Waals surface area contributed by atoms with Gasteiger partial charge in [0.15, 0.2) is 0 Å². The number of unbranched alkanes of at least 4 members (excludes halogenated alkanes) is 1. The predicted octanol–water partition coefficient (Wildman–Crippen LogP) is 1.20. The van der Waals surface area contributed by atoms with Crippen LogP contribution < -0.4 is 5.32 Å². The summed E-state index contributed by atoms with van der Waals surface area (Å²) in [5.74, 6) is -0.0945. The first kappa shape index (κ1) is 12.6. The maximum absolute atomic E-state index is 11.7. The van der Waals surface area contributed by atoms with Gasteiger partial charge in [0.25, 0.3) is 5.91 Å². The Morgan fingerprint density at radius 1 is 1.38 bits per heavy atom. The number of carbonyl (C=O) groups is 1. The number of aromatic nitrogens is 1. The van der Waals surface area contributed by atoms with Gasteiger partial charge in [-0.2, -0.15) is 0 Å². The van der Waals surface area contributed by atoms with Crippen LogP contribution in [0.4, 0.5) is 0 Å². The molecular formula is C12H18N2O2. The fraction of sp³-hybridized carbons (Fsp3) is 0.500. The van der Waals surface area contributed by atoms with E-state index < -0.39 is 0 Å². The lowest BCUT2D eigenvalue weighted by atomic mass is 10.1. The molecule has 0 aromatic carbocycles. The van der Waals surface area contributed by atoms with Crippen molar-refractivity contribution in [3.63, 3.8) is 0 Å². The molecule has 16 heavy (non-hydrogen) atoms. The molecule has 2 N–H and O–H groups in total. The largest absolute Gasteiger partial charge is 0.396 e. The molecule has 1 heterocycles.